The minimum Gasteiger partial charge on any atom is -0.496 e. The van der Waals surface area contributed by atoms with E-state index >= 15 is 0 Å². The maximum absolute atomic E-state index is 5.37. The van der Waals surface area contributed by atoms with Crippen LogP contribution in [0.3, 0.4) is 0 Å². The van der Waals surface area contributed by atoms with Crippen LogP contribution in [0.5, 0.6) is 5.75 Å². The Morgan fingerprint density at radius 1 is 1.50 bits per heavy atom. The van der Waals surface area contributed by atoms with Crippen molar-refractivity contribution in [2.75, 3.05) is 33.8 Å². The van der Waals surface area contributed by atoms with Crippen LogP contribution in [0.15, 0.2) is 22.7 Å². The molecule has 1 aromatic carbocycles. The third kappa shape index (κ3) is 3.70. The number of nitrogens with zero attached hydrogens (tertiary/aromatic N) is 1. The van der Waals surface area contributed by atoms with E-state index in [0.29, 0.717) is 0 Å². The van der Waals surface area contributed by atoms with Gasteiger partial charge in [-0.05, 0) is 50.7 Å². The van der Waals surface area contributed by atoms with E-state index in [4.69, 9.17) is 4.74 Å². The van der Waals surface area contributed by atoms with E-state index in [1.165, 1.54) is 25.1 Å². The van der Waals surface area contributed by atoms with Crippen LogP contribution in [0.1, 0.15) is 12.0 Å². The van der Waals surface area contributed by atoms with Crippen molar-refractivity contribution in [1.29, 1.82) is 0 Å². The van der Waals surface area contributed by atoms with Crippen LogP contribution in [-0.4, -0.2) is 38.7 Å². The first-order chi connectivity index (χ1) is 8.69. The summed E-state index contributed by atoms with van der Waals surface area (Å²) in [5.41, 5.74) is 1.21. The lowest BCUT2D eigenvalue weighted by Gasteiger charge is -2.13. The van der Waals surface area contributed by atoms with Gasteiger partial charge in [-0.25, -0.2) is 0 Å². The average Bonchev–Trinajstić information content (AvgIpc) is 2.75. The number of likely N-dealkylation sites (tertiary alicyclic amines) is 1. The summed E-state index contributed by atoms with van der Waals surface area (Å²) >= 11 is 3.50. The van der Waals surface area contributed by atoms with E-state index in [2.05, 4.69) is 39.3 Å². The van der Waals surface area contributed by atoms with Crippen molar-refractivity contribution >= 4 is 15.9 Å². The molecule has 1 aromatic rings. The minimum absolute atomic E-state index is 0.785. The quantitative estimate of drug-likeness (QED) is 0.904. The molecular formula is C14H21BrN2O. The van der Waals surface area contributed by atoms with Gasteiger partial charge in [0.15, 0.2) is 0 Å². The molecular weight excluding hydrogens is 292 g/mol. The first-order valence-electron chi connectivity index (χ1n) is 6.40. The Morgan fingerprint density at radius 2 is 2.33 bits per heavy atom. The molecule has 2 rings (SSSR count). The number of halogens is 1. The number of ether oxygens (including phenoxy) is 1. The van der Waals surface area contributed by atoms with Gasteiger partial charge in [0, 0.05) is 23.1 Å². The fraction of sp³-hybridized carbons (Fsp3) is 0.571. The molecule has 1 fully saturated rings. The lowest BCUT2D eigenvalue weighted by molar-refractivity contribution is 0.385. The number of methoxy groups -OCH3 is 1. The third-order valence-electron chi connectivity index (χ3n) is 3.48. The minimum atomic E-state index is 0.785. The van der Waals surface area contributed by atoms with Gasteiger partial charge < -0.3 is 15.0 Å². The average molecular weight is 313 g/mol. The lowest BCUT2D eigenvalue weighted by Crippen LogP contribution is -2.24. The summed E-state index contributed by atoms with van der Waals surface area (Å²) in [4.78, 5) is 2.39. The topological polar surface area (TPSA) is 24.5 Å². The SMILES string of the molecule is COc1ccc(Br)cc1CNCC1CCN(C)C1. The van der Waals surface area contributed by atoms with Gasteiger partial charge in [0.2, 0.25) is 0 Å². The number of hydrogen-bond acceptors (Lipinski definition) is 3. The molecule has 3 nitrogen and oxygen atoms in total. The number of rotatable bonds is 5. The van der Waals surface area contributed by atoms with Gasteiger partial charge in [-0.1, -0.05) is 15.9 Å². The van der Waals surface area contributed by atoms with Crippen molar-refractivity contribution in [3.63, 3.8) is 0 Å². The van der Waals surface area contributed by atoms with E-state index in [1.54, 1.807) is 7.11 Å². The Morgan fingerprint density at radius 3 is 3.00 bits per heavy atom. The van der Waals surface area contributed by atoms with E-state index in [-0.39, 0.29) is 0 Å². The van der Waals surface area contributed by atoms with Crippen molar-refractivity contribution in [2.45, 2.75) is 13.0 Å². The summed E-state index contributed by atoms with van der Waals surface area (Å²) in [5, 5.41) is 3.54. The Labute approximate surface area is 118 Å². The van der Waals surface area contributed by atoms with Crippen LogP contribution >= 0.6 is 15.9 Å². The van der Waals surface area contributed by atoms with Crippen molar-refractivity contribution < 1.29 is 4.74 Å². The summed E-state index contributed by atoms with van der Waals surface area (Å²) < 4.78 is 6.47. The molecule has 1 aliphatic rings. The highest BCUT2D eigenvalue weighted by Crippen LogP contribution is 2.23. The van der Waals surface area contributed by atoms with Crippen LogP contribution in [0.25, 0.3) is 0 Å². The largest absolute Gasteiger partial charge is 0.496 e. The van der Waals surface area contributed by atoms with Gasteiger partial charge >= 0.3 is 0 Å². The lowest BCUT2D eigenvalue weighted by atomic mass is 10.1. The second-order valence-electron chi connectivity index (χ2n) is 5.00. The van der Waals surface area contributed by atoms with E-state index in [9.17, 15) is 0 Å². The summed E-state index contributed by atoms with van der Waals surface area (Å²) in [6.07, 6.45) is 1.30. The Bertz CT molecular complexity index is 397. The molecule has 1 aliphatic heterocycles. The number of benzene rings is 1. The standard InChI is InChI=1S/C14H21BrN2O/c1-17-6-5-11(10-17)8-16-9-12-7-13(15)3-4-14(12)18-2/h3-4,7,11,16H,5-6,8-10H2,1-2H3. The van der Waals surface area contributed by atoms with Crippen LogP contribution in [-0.2, 0) is 6.54 Å². The van der Waals surface area contributed by atoms with Gasteiger partial charge in [-0.2, -0.15) is 0 Å². The molecule has 0 bridgehead atoms. The third-order valence-corrected chi connectivity index (χ3v) is 3.97. The molecule has 1 saturated heterocycles. The van der Waals surface area contributed by atoms with Gasteiger partial charge in [0.05, 0.1) is 7.11 Å². The van der Waals surface area contributed by atoms with Crippen LogP contribution in [0.2, 0.25) is 0 Å². The number of nitrogens with one attached hydrogen (secondary N) is 1. The van der Waals surface area contributed by atoms with Crippen molar-refractivity contribution in [3.05, 3.63) is 28.2 Å². The summed E-state index contributed by atoms with van der Waals surface area (Å²) in [5.74, 6) is 1.74. The molecule has 1 heterocycles. The van der Waals surface area contributed by atoms with Crippen molar-refractivity contribution in [2.24, 2.45) is 5.92 Å². The molecule has 0 saturated carbocycles. The van der Waals surface area contributed by atoms with E-state index in [1.807, 2.05) is 12.1 Å². The maximum atomic E-state index is 5.37. The van der Waals surface area contributed by atoms with Crippen LogP contribution in [0, 0.1) is 5.92 Å². The Kier molecular flexibility index (Phi) is 5.03. The van der Waals surface area contributed by atoms with Crippen LogP contribution in [0.4, 0.5) is 0 Å². The zero-order valence-electron chi connectivity index (χ0n) is 11.1. The highest BCUT2D eigenvalue weighted by Gasteiger charge is 2.18. The van der Waals surface area contributed by atoms with Gasteiger partial charge in [0.25, 0.3) is 0 Å². The van der Waals surface area contributed by atoms with Gasteiger partial charge in [-0.3, -0.25) is 0 Å². The first-order valence-corrected chi connectivity index (χ1v) is 7.20. The smallest absolute Gasteiger partial charge is 0.123 e. The zero-order valence-corrected chi connectivity index (χ0v) is 12.7. The molecule has 1 N–H and O–H groups in total. The molecule has 1 unspecified atom stereocenters. The molecule has 100 valence electrons. The monoisotopic (exact) mass is 312 g/mol. The van der Waals surface area contributed by atoms with E-state index in [0.717, 1.165) is 29.2 Å². The van der Waals surface area contributed by atoms with Crippen molar-refractivity contribution in [1.82, 2.24) is 10.2 Å². The van der Waals surface area contributed by atoms with Gasteiger partial charge in [0.1, 0.15) is 5.75 Å². The number of hydrogen-bond donors (Lipinski definition) is 1. The summed E-state index contributed by atoms with van der Waals surface area (Å²) in [6, 6.07) is 6.13. The normalized spacial score (nSPS) is 20.3. The fourth-order valence-electron chi connectivity index (χ4n) is 2.49. The molecule has 0 radical (unpaired) electrons. The van der Waals surface area contributed by atoms with Gasteiger partial charge in [-0.15, -0.1) is 0 Å². The second-order valence-corrected chi connectivity index (χ2v) is 5.92. The summed E-state index contributed by atoms with van der Waals surface area (Å²) in [6.45, 7) is 4.39. The Hall–Kier alpha value is -0.580. The molecule has 0 aromatic heterocycles. The fourth-order valence-corrected chi connectivity index (χ4v) is 2.90. The highest BCUT2D eigenvalue weighted by molar-refractivity contribution is 9.10. The van der Waals surface area contributed by atoms with E-state index < -0.39 is 0 Å². The first kappa shape index (κ1) is 13.8. The van der Waals surface area contributed by atoms with Crippen molar-refractivity contribution in [3.8, 4) is 5.75 Å². The highest BCUT2D eigenvalue weighted by atomic mass is 79.9. The Balaban J connectivity index is 1.84. The molecule has 0 amide bonds. The maximum Gasteiger partial charge on any atom is 0.123 e. The zero-order chi connectivity index (χ0) is 13.0. The second kappa shape index (κ2) is 6.55. The summed E-state index contributed by atoms with van der Waals surface area (Å²) in [7, 11) is 3.91. The van der Waals surface area contributed by atoms with Crippen LogP contribution < -0.4 is 10.1 Å². The molecule has 1 atom stereocenters. The molecule has 18 heavy (non-hydrogen) atoms. The molecule has 0 spiro atoms. The molecule has 4 heteroatoms. The molecule has 0 aliphatic carbocycles. The predicted molar refractivity (Wildman–Crippen MR) is 78.0 cm³/mol. The predicted octanol–water partition coefficient (Wildman–Crippen LogP) is 2.50.